The minimum absolute atomic E-state index is 0.0391. The summed E-state index contributed by atoms with van der Waals surface area (Å²) in [6, 6.07) is 2.32. The van der Waals surface area contributed by atoms with Gasteiger partial charge in [0.25, 0.3) is 0 Å². The zero-order valence-corrected chi connectivity index (χ0v) is 17.5. The third-order valence-electron chi connectivity index (χ3n) is 5.08. The summed E-state index contributed by atoms with van der Waals surface area (Å²) < 4.78 is 45.1. The summed E-state index contributed by atoms with van der Waals surface area (Å²) in [5.74, 6) is -1.92. The van der Waals surface area contributed by atoms with Gasteiger partial charge in [-0.1, -0.05) is 11.6 Å². The molecule has 31 heavy (non-hydrogen) atoms. The Hall–Kier alpha value is -2.82. The first kappa shape index (κ1) is 21.4. The normalized spacial score (nSPS) is 18.8. The first-order valence-electron chi connectivity index (χ1n) is 9.46. The van der Waals surface area contributed by atoms with Crippen molar-refractivity contribution in [1.29, 1.82) is 0 Å². The maximum absolute atomic E-state index is 14.9. The van der Waals surface area contributed by atoms with Crippen LogP contribution in [0.25, 0.3) is 22.2 Å². The van der Waals surface area contributed by atoms with E-state index in [1.165, 1.54) is 26.5 Å². The zero-order valence-electron chi connectivity index (χ0n) is 16.8. The molecule has 1 saturated heterocycles. The Morgan fingerprint density at radius 1 is 1.16 bits per heavy atom. The van der Waals surface area contributed by atoms with Gasteiger partial charge >= 0.3 is 0 Å². The van der Waals surface area contributed by atoms with Gasteiger partial charge in [0, 0.05) is 30.3 Å². The second kappa shape index (κ2) is 8.74. The lowest BCUT2D eigenvalue weighted by Crippen LogP contribution is -2.47. The van der Waals surface area contributed by atoms with Gasteiger partial charge in [-0.15, -0.1) is 0 Å². The van der Waals surface area contributed by atoms with Gasteiger partial charge in [0.1, 0.15) is 5.52 Å². The molecule has 2 aromatic heterocycles. The summed E-state index contributed by atoms with van der Waals surface area (Å²) in [5.41, 5.74) is 5.96. The Balaban J connectivity index is 1.75. The highest BCUT2D eigenvalue weighted by molar-refractivity contribution is 6.34. The third kappa shape index (κ3) is 4.06. The number of ether oxygens (including phenoxy) is 3. The number of aromatic nitrogens is 3. The van der Waals surface area contributed by atoms with Gasteiger partial charge in [0.15, 0.2) is 28.3 Å². The molecule has 164 valence electrons. The quantitative estimate of drug-likeness (QED) is 0.570. The zero-order chi connectivity index (χ0) is 22.1. The fraction of sp³-hybridized carbons (Fsp3) is 0.350. The van der Waals surface area contributed by atoms with E-state index >= 15 is 0 Å². The molecule has 1 fully saturated rings. The largest absolute Gasteiger partial charge is 0.494 e. The molecule has 8 nitrogen and oxygen atoms in total. The topological polar surface area (TPSA) is 104 Å². The average Bonchev–Trinajstić information content (AvgIpc) is 2.76. The number of rotatable bonds is 5. The predicted molar refractivity (Wildman–Crippen MR) is 112 cm³/mol. The van der Waals surface area contributed by atoms with E-state index in [1.807, 2.05) is 0 Å². The molecule has 0 amide bonds. The van der Waals surface area contributed by atoms with E-state index in [0.717, 1.165) is 12.5 Å². The molecule has 1 aliphatic rings. The van der Waals surface area contributed by atoms with Crippen molar-refractivity contribution < 1.29 is 23.0 Å². The number of nitrogens with one attached hydrogen (secondary N) is 1. The Morgan fingerprint density at radius 2 is 1.87 bits per heavy atom. The van der Waals surface area contributed by atoms with Gasteiger partial charge in [-0.3, -0.25) is 0 Å². The number of benzene rings is 1. The standard InChI is InChI=1S/C20H20ClF2N5O3/c1-29-13-6-14(30-2)17(23)15(16(13)22)11-5-9-7-25-20(28-18(9)19(21)26-11)27-12-8-31-4-3-10(12)24/h5-7,10,12H,3-4,8,24H2,1-2H3,(H,25,27,28)/t10-,12+/m0/s1. The molecule has 3 heterocycles. The van der Waals surface area contributed by atoms with Crippen LogP contribution in [-0.4, -0.2) is 54.5 Å². The highest BCUT2D eigenvalue weighted by Gasteiger charge is 2.25. The molecule has 3 N–H and O–H groups in total. The van der Waals surface area contributed by atoms with Crippen LogP contribution >= 0.6 is 11.6 Å². The number of anilines is 1. The lowest BCUT2D eigenvalue weighted by molar-refractivity contribution is 0.0766. The molecule has 0 unspecified atom stereocenters. The minimum Gasteiger partial charge on any atom is -0.494 e. The van der Waals surface area contributed by atoms with Crippen molar-refractivity contribution in [2.45, 2.75) is 18.5 Å². The van der Waals surface area contributed by atoms with Gasteiger partial charge < -0.3 is 25.3 Å². The van der Waals surface area contributed by atoms with E-state index in [0.29, 0.717) is 30.1 Å². The molecule has 0 radical (unpaired) electrons. The number of methoxy groups -OCH3 is 2. The fourth-order valence-corrected chi connectivity index (χ4v) is 3.62. The number of hydrogen-bond donors (Lipinski definition) is 2. The molecule has 0 saturated carbocycles. The number of nitrogens with zero attached hydrogens (tertiary/aromatic N) is 3. The molecule has 2 atom stereocenters. The summed E-state index contributed by atoms with van der Waals surface area (Å²) in [6.07, 6.45) is 2.21. The van der Waals surface area contributed by atoms with Crippen molar-refractivity contribution >= 4 is 28.5 Å². The summed E-state index contributed by atoms with van der Waals surface area (Å²) in [7, 11) is 2.54. The average molecular weight is 452 g/mol. The van der Waals surface area contributed by atoms with Gasteiger partial charge in [-0.2, -0.15) is 0 Å². The highest BCUT2D eigenvalue weighted by Crippen LogP contribution is 2.38. The van der Waals surface area contributed by atoms with Crippen molar-refractivity contribution in [3.63, 3.8) is 0 Å². The van der Waals surface area contributed by atoms with Crippen LogP contribution in [0.15, 0.2) is 18.3 Å². The van der Waals surface area contributed by atoms with E-state index in [9.17, 15) is 8.78 Å². The minimum atomic E-state index is -0.922. The maximum Gasteiger partial charge on any atom is 0.223 e. The Bertz CT molecular complexity index is 1110. The van der Waals surface area contributed by atoms with Gasteiger partial charge in [0.2, 0.25) is 5.95 Å². The van der Waals surface area contributed by atoms with Crippen molar-refractivity contribution in [3.8, 4) is 22.8 Å². The van der Waals surface area contributed by atoms with Gasteiger partial charge in [0.05, 0.1) is 38.1 Å². The molecule has 4 rings (SSSR count). The van der Waals surface area contributed by atoms with E-state index < -0.39 is 17.2 Å². The Kier molecular flexibility index (Phi) is 6.03. The Morgan fingerprint density at radius 3 is 2.52 bits per heavy atom. The molecular weight excluding hydrogens is 432 g/mol. The van der Waals surface area contributed by atoms with Crippen molar-refractivity contribution in [3.05, 3.63) is 35.1 Å². The maximum atomic E-state index is 14.9. The van der Waals surface area contributed by atoms with E-state index in [2.05, 4.69) is 20.3 Å². The number of halogens is 3. The molecule has 0 spiro atoms. The first-order valence-corrected chi connectivity index (χ1v) is 9.84. The molecule has 0 bridgehead atoms. The Labute approximate surface area is 181 Å². The van der Waals surface area contributed by atoms with Crippen LogP contribution in [0.2, 0.25) is 5.15 Å². The monoisotopic (exact) mass is 451 g/mol. The van der Waals surface area contributed by atoms with Crippen LogP contribution in [0, 0.1) is 11.6 Å². The fourth-order valence-electron chi connectivity index (χ4n) is 3.38. The number of hydrogen-bond acceptors (Lipinski definition) is 8. The van der Waals surface area contributed by atoms with Crippen LogP contribution in [0.3, 0.4) is 0 Å². The van der Waals surface area contributed by atoms with Crippen LogP contribution in [0.5, 0.6) is 11.5 Å². The van der Waals surface area contributed by atoms with Crippen LogP contribution in [0.1, 0.15) is 6.42 Å². The second-order valence-electron chi connectivity index (χ2n) is 6.99. The summed E-state index contributed by atoms with van der Waals surface area (Å²) in [4.78, 5) is 12.8. The molecule has 1 aromatic carbocycles. The van der Waals surface area contributed by atoms with Gasteiger partial charge in [-0.25, -0.2) is 23.7 Å². The van der Waals surface area contributed by atoms with Crippen LogP contribution in [-0.2, 0) is 4.74 Å². The van der Waals surface area contributed by atoms with Crippen LogP contribution in [0.4, 0.5) is 14.7 Å². The second-order valence-corrected chi connectivity index (χ2v) is 7.35. The molecule has 3 aromatic rings. The smallest absolute Gasteiger partial charge is 0.223 e. The number of pyridine rings is 1. The van der Waals surface area contributed by atoms with Crippen molar-refractivity contribution in [2.24, 2.45) is 5.73 Å². The lowest BCUT2D eigenvalue weighted by atomic mass is 10.1. The molecule has 1 aliphatic heterocycles. The van der Waals surface area contributed by atoms with Crippen molar-refractivity contribution in [2.75, 3.05) is 32.8 Å². The summed E-state index contributed by atoms with van der Waals surface area (Å²) in [5, 5.41) is 3.54. The third-order valence-corrected chi connectivity index (χ3v) is 5.34. The number of fused-ring (bicyclic) bond motifs is 1. The lowest BCUT2D eigenvalue weighted by Gasteiger charge is -2.29. The SMILES string of the molecule is COc1cc(OC)c(F)c(-c2cc3cnc(N[C@@H]4COCC[C@@H]4N)nc3c(Cl)n2)c1F. The van der Waals surface area contributed by atoms with Gasteiger partial charge in [-0.05, 0) is 12.5 Å². The predicted octanol–water partition coefficient (Wildman–Crippen LogP) is 3.17. The van der Waals surface area contributed by atoms with E-state index in [4.69, 9.17) is 31.5 Å². The van der Waals surface area contributed by atoms with E-state index in [1.54, 1.807) is 0 Å². The summed E-state index contributed by atoms with van der Waals surface area (Å²) >= 11 is 6.32. The van der Waals surface area contributed by atoms with E-state index in [-0.39, 0.29) is 34.4 Å². The molecule has 0 aliphatic carbocycles. The number of nitrogens with two attached hydrogens (primary N) is 1. The first-order chi connectivity index (χ1) is 14.9. The van der Waals surface area contributed by atoms with Crippen molar-refractivity contribution in [1.82, 2.24) is 15.0 Å². The summed E-state index contributed by atoms with van der Waals surface area (Å²) in [6.45, 7) is 1.04. The highest BCUT2D eigenvalue weighted by atomic mass is 35.5. The van der Waals surface area contributed by atoms with Crippen LogP contribution < -0.4 is 20.5 Å². The molecular formula is C20H20ClF2N5O3. The molecule has 11 heteroatoms.